The summed E-state index contributed by atoms with van der Waals surface area (Å²) in [5.41, 5.74) is 1.02. The van der Waals surface area contributed by atoms with E-state index in [0.29, 0.717) is 6.61 Å². The van der Waals surface area contributed by atoms with E-state index in [0.717, 1.165) is 29.6 Å². The van der Waals surface area contributed by atoms with Gasteiger partial charge in [-0.3, -0.25) is 0 Å². The number of anilines is 1. The summed E-state index contributed by atoms with van der Waals surface area (Å²) in [6, 6.07) is 8.00. The van der Waals surface area contributed by atoms with Gasteiger partial charge in [0.25, 0.3) is 0 Å². The van der Waals surface area contributed by atoms with Crippen LogP contribution in [0.2, 0.25) is 0 Å². The third kappa shape index (κ3) is 8.21. The molecule has 0 aliphatic heterocycles. The van der Waals surface area contributed by atoms with Gasteiger partial charge in [-0.15, -0.1) is 0 Å². The summed E-state index contributed by atoms with van der Waals surface area (Å²) >= 11 is 5.62. The third-order valence-electron chi connectivity index (χ3n) is 3.77. The normalized spacial score (nSPS) is 10.4. The first-order chi connectivity index (χ1) is 11.2. The SMILES string of the molecule is CCCCCN(CCCCC)C(=S)Nc1ccc(OCC)cc1. The van der Waals surface area contributed by atoms with Crippen LogP contribution in [-0.2, 0) is 0 Å². The van der Waals surface area contributed by atoms with Gasteiger partial charge >= 0.3 is 0 Å². The number of nitrogens with zero attached hydrogens (tertiary/aromatic N) is 1. The Balaban J connectivity index is 2.55. The monoisotopic (exact) mass is 336 g/mol. The zero-order valence-electron chi connectivity index (χ0n) is 14.9. The molecule has 3 nitrogen and oxygen atoms in total. The van der Waals surface area contributed by atoms with Crippen LogP contribution in [0, 0.1) is 0 Å². The van der Waals surface area contributed by atoms with Crippen LogP contribution in [-0.4, -0.2) is 29.7 Å². The van der Waals surface area contributed by atoms with Gasteiger partial charge in [0.2, 0.25) is 0 Å². The summed E-state index contributed by atoms with van der Waals surface area (Å²) < 4.78 is 5.47. The summed E-state index contributed by atoms with van der Waals surface area (Å²) in [4.78, 5) is 2.32. The minimum atomic E-state index is 0.688. The molecule has 4 heteroatoms. The van der Waals surface area contributed by atoms with Crippen molar-refractivity contribution in [2.24, 2.45) is 0 Å². The van der Waals surface area contributed by atoms with E-state index in [1.54, 1.807) is 0 Å². The lowest BCUT2D eigenvalue weighted by molar-refractivity contribution is 0.340. The number of rotatable bonds is 11. The molecule has 0 spiro atoms. The van der Waals surface area contributed by atoms with Crippen molar-refractivity contribution in [3.63, 3.8) is 0 Å². The molecule has 0 aromatic heterocycles. The smallest absolute Gasteiger partial charge is 0.173 e. The summed E-state index contributed by atoms with van der Waals surface area (Å²) in [5.74, 6) is 0.895. The van der Waals surface area contributed by atoms with Gasteiger partial charge in [0.15, 0.2) is 5.11 Å². The fraction of sp³-hybridized carbons (Fsp3) is 0.632. The minimum absolute atomic E-state index is 0.688. The summed E-state index contributed by atoms with van der Waals surface area (Å²) in [6.45, 7) is 9.23. The predicted molar refractivity (Wildman–Crippen MR) is 104 cm³/mol. The summed E-state index contributed by atoms with van der Waals surface area (Å²) in [5, 5.41) is 4.20. The molecule has 0 amide bonds. The van der Waals surface area contributed by atoms with Crippen molar-refractivity contribution in [1.82, 2.24) is 4.90 Å². The van der Waals surface area contributed by atoms with E-state index in [-0.39, 0.29) is 0 Å². The number of benzene rings is 1. The van der Waals surface area contributed by atoms with Crippen LogP contribution in [0.4, 0.5) is 5.69 Å². The fourth-order valence-electron chi connectivity index (χ4n) is 2.42. The maximum absolute atomic E-state index is 5.62. The lowest BCUT2D eigenvalue weighted by Gasteiger charge is -2.26. The van der Waals surface area contributed by atoms with Crippen molar-refractivity contribution >= 4 is 23.0 Å². The van der Waals surface area contributed by atoms with Crippen molar-refractivity contribution < 1.29 is 4.74 Å². The van der Waals surface area contributed by atoms with Crippen LogP contribution < -0.4 is 10.1 Å². The number of thiocarbonyl (C=S) groups is 1. The minimum Gasteiger partial charge on any atom is -0.494 e. The van der Waals surface area contributed by atoms with E-state index in [1.807, 2.05) is 31.2 Å². The van der Waals surface area contributed by atoms with Gasteiger partial charge in [-0.25, -0.2) is 0 Å². The molecule has 130 valence electrons. The van der Waals surface area contributed by atoms with Crippen molar-refractivity contribution in [3.8, 4) is 5.75 Å². The fourth-order valence-corrected chi connectivity index (χ4v) is 2.72. The highest BCUT2D eigenvalue weighted by molar-refractivity contribution is 7.80. The molecule has 1 aromatic carbocycles. The molecule has 23 heavy (non-hydrogen) atoms. The molecule has 0 atom stereocenters. The van der Waals surface area contributed by atoms with Crippen LogP contribution in [0.3, 0.4) is 0 Å². The van der Waals surface area contributed by atoms with Gasteiger partial charge in [0.05, 0.1) is 6.61 Å². The van der Waals surface area contributed by atoms with Crippen LogP contribution in [0.5, 0.6) is 5.75 Å². The lowest BCUT2D eigenvalue weighted by atomic mass is 10.2. The van der Waals surface area contributed by atoms with Gasteiger partial charge in [-0.05, 0) is 56.2 Å². The van der Waals surface area contributed by atoms with E-state index in [4.69, 9.17) is 17.0 Å². The standard InChI is InChI=1S/C19H32N2OS/c1-4-7-9-15-21(16-10-8-5-2)19(23)20-17-11-13-18(14-12-17)22-6-3/h11-14H,4-10,15-16H2,1-3H3,(H,20,23). The maximum atomic E-state index is 5.62. The van der Waals surface area contributed by atoms with E-state index < -0.39 is 0 Å². The van der Waals surface area contributed by atoms with Gasteiger partial charge in [0, 0.05) is 18.8 Å². The molecule has 0 unspecified atom stereocenters. The molecule has 0 aliphatic carbocycles. The van der Waals surface area contributed by atoms with Crippen molar-refractivity contribution in [3.05, 3.63) is 24.3 Å². The summed E-state index contributed by atoms with van der Waals surface area (Å²) in [7, 11) is 0. The van der Waals surface area contributed by atoms with Gasteiger partial charge < -0.3 is 15.0 Å². The molecule has 0 fully saturated rings. The Morgan fingerprint density at radius 1 is 0.957 bits per heavy atom. The molecule has 1 rings (SSSR count). The van der Waals surface area contributed by atoms with Gasteiger partial charge in [0.1, 0.15) is 5.75 Å². The van der Waals surface area contributed by atoms with Crippen molar-refractivity contribution in [2.75, 3.05) is 25.0 Å². The highest BCUT2D eigenvalue weighted by atomic mass is 32.1. The second kappa shape index (κ2) is 12.2. The maximum Gasteiger partial charge on any atom is 0.173 e. The third-order valence-corrected chi connectivity index (χ3v) is 4.13. The molecule has 0 heterocycles. The molecule has 1 N–H and O–H groups in total. The highest BCUT2D eigenvalue weighted by Gasteiger charge is 2.09. The Hall–Kier alpha value is -1.29. The second-order valence-corrected chi connectivity index (χ2v) is 6.18. The predicted octanol–water partition coefficient (Wildman–Crippen LogP) is 5.46. The number of unbranched alkanes of at least 4 members (excludes halogenated alkanes) is 4. The number of hydrogen-bond acceptors (Lipinski definition) is 2. The Labute approximate surface area is 147 Å². The first kappa shape index (κ1) is 19.8. The lowest BCUT2D eigenvalue weighted by Crippen LogP contribution is -2.36. The largest absolute Gasteiger partial charge is 0.494 e. The zero-order valence-corrected chi connectivity index (χ0v) is 15.8. The van der Waals surface area contributed by atoms with Gasteiger partial charge in [-0.2, -0.15) is 0 Å². The van der Waals surface area contributed by atoms with E-state index in [1.165, 1.54) is 38.5 Å². The number of ether oxygens (including phenoxy) is 1. The van der Waals surface area contributed by atoms with Gasteiger partial charge in [-0.1, -0.05) is 39.5 Å². The number of nitrogens with one attached hydrogen (secondary N) is 1. The zero-order chi connectivity index (χ0) is 16.9. The van der Waals surface area contributed by atoms with Crippen molar-refractivity contribution in [1.29, 1.82) is 0 Å². The van der Waals surface area contributed by atoms with Crippen molar-refractivity contribution in [2.45, 2.75) is 59.3 Å². The molecule has 0 bridgehead atoms. The summed E-state index contributed by atoms with van der Waals surface area (Å²) in [6.07, 6.45) is 7.40. The average Bonchev–Trinajstić information content (AvgIpc) is 2.55. The van der Waals surface area contributed by atoms with Crippen LogP contribution in [0.1, 0.15) is 59.3 Å². The first-order valence-corrected chi connectivity index (χ1v) is 9.40. The van der Waals surface area contributed by atoms with Crippen LogP contribution >= 0.6 is 12.2 Å². The molecule has 1 aromatic rings. The van der Waals surface area contributed by atoms with E-state index >= 15 is 0 Å². The molecular formula is C19H32N2OS. The molecule has 0 saturated heterocycles. The number of hydrogen-bond donors (Lipinski definition) is 1. The molecule has 0 radical (unpaired) electrons. The Morgan fingerprint density at radius 3 is 2.00 bits per heavy atom. The Bertz CT molecular complexity index is 424. The average molecular weight is 337 g/mol. The molecular weight excluding hydrogens is 304 g/mol. The Kier molecular flexibility index (Phi) is 10.5. The topological polar surface area (TPSA) is 24.5 Å². The highest BCUT2D eigenvalue weighted by Crippen LogP contribution is 2.16. The van der Waals surface area contributed by atoms with E-state index in [9.17, 15) is 0 Å². The van der Waals surface area contributed by atoms with Crippen LogP contribution in [0.25, 0.3) is 0 Å². The first-order valence-electron chi connectivity index (χ1n) is 9.00. The molecule has 0 saturated carbocycles. The quantitative estimate of drug-likeness (QED) is 0.428. The van der Waals surface area contributed by atoms with Crippen LogP contribution in [0.15, 0.2) is 24.3 Å². The molecule has 0 aliphatic rings. The Morgan fingerprint density at radius 2 is 1.52 bits per heavy atom. The van der Waals surface area contributed by atoms with E-state index in [2.05, 4.69) is 24.1 Å². The second-order valence-electron chi connectivity index (χ2n) is 5.79.